The molecule has 0 aliphatic carbocycles. The zero-order chi connectivity index (χ0) is 27.3. The number of carbonyl (C=O) groups excluding carboxylic acids is 3. The van der Waals surface area contributed by atoms with E-state index in [9.17, 15) is 22.8 Å². The largest absolute Gasteiger partial charge is 0.497 e. The van der Waals surface area contributed by atoms with Gasteiger partial charge in [0.2, 0.25) is 15.9 Å². The Labute approximate surface area is 221 Å². The number of imide groups is 1. The average molecular weight is 537 g/mol. The Morgan fingerprint density at radius 1 is 0.974 bits per heavy atom. The predicted octanol–water partition coefficient (Wildman–Crippen LogP) is 3.44. The minimum Gasteiger partial charge on any atom is -0.497 e. The van der Waals surface area contributed by atoms with Gasteiger partial charge in [-0.25, -0.2) is 18.1 Å². The summed E-state index contributed by atoms with van der Waals surface area (Å²) in [5.74, 6) is -1.21. The minimum atomic E-state index is -4.15. The molecule has 0 spiro atoms. The lowest BCUT2D eigenvalue weighted by molar-refractivity contribution is -0.122. The molecule has 1 atom stereocenters. The van der Waals surface area contributed by atoms with Crippen molar-refractivity contribution in [1.29, 1.82) is 0 Å². The molecule has 1 heterocycles. The third-order valence-corrected chi connectivity index (χ3v) is 8.16. The molecular formula is C28H28N2O7S. The molecule has 0 aromatic heterocycles. The molecule has 4 rings (SSSR count). The van der Waals surface area contributed by atoms with Crippen molar-refractivity contribution in [3.05, 3.63) is 90.0 Å². The Morgan fingerprint density at radius 2 is 1.63 bits per heavy atom. The Hall–Kier alpha value is -4.02. The number of methoxy groups -OCH3 is 1. The summed E-state index contributed by atoms with van der Waals surface area (Å²) in [5, 5.41) is 0. The monoisotopic (exact) mass is 536 g/mol. The number of benzene rings is 3. The van der Waals surface area contributed by atoms with E-state index in [1.54, 1.807) is 6.92 Å². The zero-order valence-electron chi connectivity index (χ0n) is 21.1. The van der Waals surface area contributed by atoms with E-state index in [2.05, 4.69) is 0 Å². The molecule has 38 heavy (non-hydrogen) atoms. The topological polar surface area (TPSA) is 110 Å². The van der Waals surface area contributed by atoms with E-state index < -0.39 is 33.8 Å². The van der Waals surface area contributed by atoms with E-state index in [1.165, 1.54) is 55.6 Å². The van der Waals surface area contributed by atoms with Crippen LogP contribution in [0.5, 0.6) is 5.75 Å². The molecule has 0 N–H and O–H groups in total. The molecule has 1 unspecified atom stereocenters. The highest BCUT2D eigenvalue weighted by Crippen LogP contribution is 2.30. The van der Waals surface area contributed by atoms with Crippen molar-refractivity contribution in [3.63, 3.8) is 0 Å². The van der Waals surface area contributed by atoms with Crippen LogP contribution in [-0.2, 0) is 30.8 Å². The molecule has 0 bridgehead atoms. The van der Waals surface area contributed by atoms with Crippen LogP contribution in [0.2, 0.25) is 0 Å². The quantitative estimate of drug-likeness (QED) is 0.288. The first kappa shape index (κ1) is 27.0. The first-order valence-corrected chi connectivity index (χ1v) is 13.5. The van der Waals surface area contributed by atoms with Crippen LogP contribution in [0.4, 0.5) is 5.69 Å². The third-order valence-electron chi connectivity index (χ3n) is 6.24. The van der Waals surface area contributed by atoms with E-state index in [1.807, 2.05) is 30.3 Å². The number of rotatable bonds is 10. The number of sulfonamides is 1. The maximum atomic E-state index is 13.8. The van der Waals surface area contributed by atoms with Crippen LogP contribution >= 0.6 is 0 Å². The second kappa shape index (κ2) is 11.6. The summed E-state index contributed by atoms with van der Waals surface area (Å²) >= 11 is 0. The molecule has 10 heteroatoms. The highest BCUT2D eigenvalue weighted by Gasteiger charge is 2.46. The molecule has 3 aromatic rings. The van der Waals surface area contributed by atoms with Gasteiger partial charge in [-0.15, -0.1) is 0 Å². The normalized spacial score (nSPS) is 15.7. The van der Waals surface area contributed by atoms with Gasteiger partial charge >= 0.3 is 5.97 Å². The number of amides is 2. The van der Waals surface area contributed by atoms with Gasteiger partial charge in [-0.3, -0.25) is 9.59 Å². The molecule has 1 aliphatic rings. The number of hydrogen-bond donors (Lipinski definition) is 0. The molecule has 3 aromatic carbocycles. The van der Waals surface area contributed by atoms with Crippen LogP contribution in [0.3, 0.4) is 0 Å². The molecular weight excluding hydrogens is 508 g/mol. The fraction of sp³-hybridized carbons (Fsp3) is 0.250. The van der Waals surface area contributed by atoms with Crippen LogP contribution in [0.1, 0.15) is 29.3 Å². The fourth-order valence-corrected chi connectivity index (χ4v) is 5.87. The summed E-state index contributed by atoms with van der Waals surface area (Å²) < 4.78 is 38.8. The third kappa shape index (κ3) is 5.61. The van der Waals surface area contributed by atoms with Crippen molar-refractivity contribution in [2.24, 2.45) is 0 Å². The predicted molar refractivity (Wildman–Crippen MR) is 140 cm³/mol. The molecule has 1 aliphatic heterocycles. The number of nitrogens with zero attached hydrogens (tertiary/aromatic N) is 2. The lowest BCUT2D eigenvalue weighted by Gasteiger charge is -2.27. The van der Waals surface area contributed by atoms with Gasteiger partial charge in [-0.1, -0.05) is 30.3 Å². The molecule has 0 radical (unpaired) electrons. The highest BCUT2D eigenvalue weighted by molar-refractivity contribution is 7.89. The summed E-state index contributed by atoms with van der Waals surface area (Å²) in [4.78, 5) is 39.5. The van der Waals surface area contributed by atoms with E-state index in [-0.39, 0.29) is 35.7 Å². The van der Waals surface area contributed by atoms with Gasteiger partial charge < -0.3 is 9.47 Å². The van der Waals surface area contributed by atoms with Crippen LogP contribution in [0.15, 0.2) is 83.8 Å². The molecule has 9 nitrogen and oxygen atoms in total. The summed E-state index contributed by atoms with van der Waals surface area (Å²) in [6, 6.07) is 19.8. The van der Waals surface area contributed by atoms with Gasteiger partial charge in [0.25, 0.3) is 5.91 Å². The Balaban J connectivity index is 1.65. The highest BCUT2D eigenvalue weighted by atomic mass is 32.2. The summed E-state index contributed by atoms with van der Waals surface area (Å²) in [5.41, 5.74) is 1.42. The molecule has 0 saturated carbocycles. The minimum absolute atomic E-state index is 0.00228. The summed E-state index contributed by atoms with van der Waals surface area (Å²) in [6.45, 7) is 1.90. The van der Waals surface area contributed by atoms with Crippen molar-refractivity contribution < 1.29 is 32.3 Å². The van der Waals surface area contributed by atoms with Gasteiger partial charge in [-0.2, -0.15) is 4.31 Å². The van der Waals surface area contributed by atoms with Crippen molar-refractivity contribution >= 4 is 33.5 Å². The smallest absolute Gasteiger partial charge is 0.338 e. The average Bonchev–Trinajstić information content (AvgIpc) is 3.22. The standard InChI is InChI=1S/C28H28N2O7S/c1-3-37-28(33)21-9-11-22(12-10-21)30-26(31)19-25(27(30)32)29(18-17-20-7-5-4-6-8-20)38(34,35)24-15-13-23(36-2)14-16-24/h4-16,25H,3,17-19H2,1-2H3. The number of anilines is 1. The second-order valence-electron chi connectivity index (χ2n) is 8.58. The fourth-order valence-electron chi connectivity index (χ4n) is 4.28. The SMILES string of the molecule is CCOC(=O)c1ccc(N2C(=O)CC(N(CCc3ccccc3)S(=O)(=O)c3ccc(OC)cc3)C2=O)cc1. The lowest BCUT2D eigenvalue weighted by Crippen LogP contribution is -2.46. The van der Waals surface area contributed by atoms with Crippen LogP contribution in [0.25, 0.3) is 0 Å². The molecule has 2 amide bonds. The van der Waals surface area contributed by atoms with E-state index in [0.717, 1.165) is 14.8 Å². The van der Waals surface area contributed by atoms with E-state index in [0.29, 0.717) is 12.2 Å². The first-order valence-electron chi connectivity index (χ1n) is 12.1. The number of hydrogen-bond acceptors (Lipinski definition) is 7. The van der Waals surface area contributed by atoms with Crippen molar-refractivity contribution in [3.8, 4) is 5.75 Å². The van der Waals surface area contributed by atoms with Crippen molar-refractivity contribution in [1.82, 2.24) is 4.31 Å². The first-order chi connectivity index (χ1) is 18.3. The van der Waals surface area contributed by atoms with Crippen molar-refractivity contribution in [2.75, 3.05) is 25.2 Å². The van der Waals surface area contributed by atoms with Gasteiger partial charge in [0.1, 0.15) is 11.8 Å². The van der Waals surface area contributed by atoms with Crippen LogP contribution < -0.4 is 9.64 Å². The maximum absolute atomic E-state index is 13.8. The van der Waals surface area contributed by atoms with E-state index >= 15 is 0 Å². The van der Waals surface area contributed by atoms with Crippen molar-refractivity contribution in [2.45, 2.75) is 30.7 Å². The van der Waals surface area contributed by atoms with E-state index in [4.69, 9.17) is 9.47 Å². The Morgan fingerprint density at radius 3 is 2.24 bits per heavy atom. The Kier molecular flexibility index (Phi) is 8.23. The van der Waals surface area contributed by atoms with Crippen LogP contribution in [0, 0.1) is 0 Å². The molecule has 198 valence electrons. The Bertz CT molecular complexity index is 1410. The van der Waals surface area contributed by atoms with Gasteiger partial charge in [-0.05, 0) is 67.4 Å². The number of carbonyl (C=O) groups is 3. The maximum Gasteiger partial charge on any atom is 0.338 e. The lowest BCUT2D eigenvalue weighted by atomic mass is 10.1. The second-order valence-corrected chi connectivity index (χ2v) is 10.5. The summed E-state index contributed by atoms with van der Waals surface area (Å²) in [7, 11) is -2.67. The van der Waals surface area contributed by atoms with Crippen LogP contribution in [-0.4, -0.2) is 56.8 Å². The number of esters is 1. The van der Waals surface area contributed by atoms with Gasteiger partial charge in [0.15, 0.2) is 0 Å². The summed E-state index contributed by atoms with van der Waals surface area (Å²) in [6.07, 6.45) is 0.0467. The number of ether oxygens (including phenoxy) is 2. The molecule has 1 fully saturated rings. The zero-order valence-corrected chi connectivity index (χ0v) is 21.9. The molecule has 1 saturated heterocycles. The van der Waals surface area contributed by atoms with Gasteiger partial charge in [0, 0.05) is 6.54 Å². The van der Waals surface area contributed by atoms with Gasteiger partial charge in [0.05, 0.1) is 36.3 Å².